The van der Waals surface area contributed by atoms with Crippen molar-refractivity contribution in [3.63, 3.8) is 0 Å². The number of nitrogens with one attached hydrogen (secondary N) is 2. The third-order valence-corrected chi connectivity index (χ3v) is 4.63. The third kappa shape index (κ3) is 4.72. The van der Waals surface area contributed by atoms with E-state index in [0.29, 0.717) is 25.2 Å². The van der Waals surface area contributed by atoms with Gasteiger partial charge in [-0.05, 0) is 25.2 Å². The maximum atomic E-state index is 11.6. The zero-order valence-electron chi connectivity index (χ0n) is 12.3. The van der Waals surface area contributed by atoms with Gasteiger partial charge in [0.15, 0.2) is 0 Å². The Bertz CT molecular complexity index is 412. The predicted molar refractivity (Wildman–Crippen MR) is 76.5 cm³/mol. The van der Waals surface area contributed by atoms with E-state index in [1.807, 2.05) is 0 Å². The Labute approximate surface area is 124 Å². The fraction of sp³-hybridized carbons (Fsp3) is 0.800. The number of carbonyl (C=O) groups excluding carboxylic acids is 2. The zero-order valence-corrected chi connectivity index (χ0v) is 12.3. The van der Waals surface area contributed by atoms with Gasteiger partial charge in [0.2, 0.25) is 11.8 Å². The second-order valence-corrected chi connectivity index (χ2v) is 6.33. The smallest absolute Gasteiger partial charge is 0.311 e. The summed E-state index contributed by atoms with van der Waals surface area (Å²) in [5.41, 5.74) is -0.762. The lowest BCUT2D eigenvalue weighted by Gasteiger charge is -2.12. The number of hydrogen-bond donors (Lipinski definition) is 3. The van der Waals surface area contributed by atoms with Crippen LogP contribution in [0, 0.1) is 11.3 Å². The monoisotopic (exact) mass is 296 g/mol. The summed E-state index contributed by atoms with van der Waals surface area (Å²) in [7, 11) is 0. The van der Waals surface area contributed by atoms with E-state index in [1.165, 1.54) is 25.7 Å². The number of amides is 2. The average molecular weight is 296 g/mol. The highest BCUT2D eigenvalue weighted by molar-refractivity contribution is 5.85. The first-order valence-electron chi connectivity index (χ1n) is 7.79. The lowest BCUT2D eigenvalue weighted by Crippen LogP contribution is -2.40. The molecule has 0 aromatic rings. The minimum absolute atomic E-state index is 0.0702. The Morgan fingerprint density at radius 1 is 1.05 bits per heavy atom. The highest BCUT2D eigenvalue weighted by Gasteiger charge is 2.50. The van der Waals surface area contributed by atoms with E-state index < -0.39 is 11.4 Å². The summed E-state index contributed by atoms with van der Waals surface area (Å²) in [5.74, 6) is -0.619. The summed E-state index contributed by atoms with van der Waals surface area (Å²) in [4.78, 5) is 34.2. The van der Waals surface area contributed by atoms with Crippen LogP contribution >= 0.6 is 0 Å². The molecule has 0 bridgehead atoms. The molecule has 118 valence electrons. The van der Waals surface area contributed by atoms with Crippen LogP contribution in [-0.4, -0.2) is 36.0 Å². The molecule has 0 heterocycles. The average Bonchev–Trinajstić information content (AvgIpc) is 3.08. The van der Waals surface area contributed by atoms with Crippen molar-refractivity contribution in [1.29, 1.82) is 0 Å². The van der Waals surface area contributed by atoms with Gasteiger partial charge in [0.1, 0.15) is 0 Å². The van der Waals surface area contributed by atoms with Gasteiger partial charge < -0.3 is 15.7 Å². The van der Waals surface area contributed by atoms with Gasteiger partial charge in [-0.25, -0.2) is 0 Å². The summed E-state index contributed by atoms with van der Waals surface area (Å²) in [6, 6.07) is 0. The van der Waals surface area contributed by atoms with Crippen LogP contribution in [0.3, 0.4) is 0 Å². The van der Waals surface area contributed by atoms with Gasteiger partial charge >= 0.3 is 5.97 Å². The van der Waals surface area contributed by atoms with Crippen molar-refractivity contribution in [2.45, 2.75) is 51.4 Å². The van der Waals surface area contributed by atoms with Crippen molar-refractivity contribution in [1.82, 2.24) is 10.6 Å². The van der Waals surface area contributed by atoms with Crippen LogP contribution in [0.2, 0.25) is 0 Å². The highest BCUT2D eigenvalue weighted by Crippen LogP contribution is 2.45. The molecule has 2 saturated carbocycles. The zero-order chi connectivity index (χ0) is 15.3. The van der Waals surface area contributed by atoms with Gasteiger partial charge in [0, 0.05) is 13.0 Å². The molecule has 0 atom stereocenters. The molecular formula is C15H24N2O4. The van der Waals surface area contributed by atoms with Gasteiger partial charge in [-0.3, -0.25) is 14.4 Å². The Hall–Kier alpha value is -1.59. The van der Waals surface area contributed by atoms with Crippen molar-refractivity contribution >= 4 is 17.8 Å². The highest BCUT2D eigenvalue weighted by atomic mass is 16.4. The van der Waals surface area contributed by atoms with Gasteiger partial charge in [-0.2, -0.15) is 0 Å². The van der Waals surface area contributed by atoms with E-state index in [0.717, 1.165) is 6.42 Å². The second-order valence-electron chi connectivity index (χ2n) is 6.33. The Morgan fingerprint density at radius 3 is 2.29 bits per heavy atom. The molecule has 2 aliphatic carbocycles. The van der Waals surface area contributed by atoms with Gasteiger partial charge in [0.05, 0.1) is 12.0 Å². The quantitative estimate of drug-likeness (QED) is 0.624. The van der Waals surface area contributed by atoms with E-state index >= 15 is 0 Å². The Balaban J connectivity index is 1.55. The van der Waals surface area contributed by atoms with Crippen LogP contribution in [-0.2, 0) is 14.4 Å². The largest absolute Gasteiger partial charge is 0.481 e. The SMILES string of the molecule is O=C(CCC1CCCC1)NCC(=O)NCC1(C(=O)O)CC1. The van der Waals surface area contributed by atoms with Gasteiger partial charge in [0.25, 0.3) is 0 Å². The molecule has 3 N–H and O–H groups in total. The van der Waals surface area contributed by atoms with Crippen molar-refractivity contribution in [3.05, 3.63) is 0 Å². The van der Waals surface area contributed by atoms with Crippen molar-refractivity contribution in [2.75, 3.05) is 13.1 Å². The van der Waals surface area contributed by atoms with Crippen molar-refractivity contribution in [2.24, 2.45) is 11.3 Å². The normalized spacial score (nSPS) is 20.0. The van der Waals surface area contributed by atoms with Crippen LogP contribution in [0.5, 0.6) is 0 Å². The van der Waals surface area contributed by atoms with Crippen molar-refractivity contribution < 1.29 is 19.5 Å². The van der Waals surface area contributed by atoms with Crippen LogP contribution in [0.15, 0.2) is 0 Å². The molecule has 0 saturated heterocycles. The molecule has 6 heteroatoms. The summed E-state index contributed by atoms with van der Waals surface area (Å²) < 4.78 is 0. The molecule has 0 spiro atoms. The van der Waals surface area contributed by atoms with E-state index in [9.17, 15) is 14.4 Å². The standard InChI is InChI=1S/C15H24N2O4/c18-12(6-5-11-3-1-2-4-11)16-9-13(19)17-10-15(7-8-15)14(20)21/h11H,1-10H2,(H,16,18)(H,17,19)(H,20,21). The molecule has 6 nitrogen and oxygen atoms in total. The Kier molecular flexibility index (Phi) is 5.20. The molecule has 0 radical (unpaired) electrons. The first kappa shape index (κ1) is 15.8. The molecule has 21 heavy (non-hydrogen) atoms. The number of carbonyl (C=O) groups is 3. The summed E-state index contributed by atoms with van der Waals surface area (Å²) in [5, 5.41) is 14.2. The second kappa shape index (κ2) is 6.91. The van der Waals surface area contributed by atoms with Gasteiger partial charge in [-0.1, -0.05) is 25.7 Å². The molecule has 0 aromatic heterocycles. The topological polar surface area (TPSA) is 95.5 Å². The maximum Gasteiger partial charge on any atom is 0.311 e. The molecule has 2 fully saturated rings. The van der Waals surface area contributed by atoms with E-state index in [1.54, 1.807) is 0 Å². The van der Waals surface area contributed by atoms with Gasteiger partial charge in [-0.15, -0.1) is 0 Å². The van der Waals surface area contributed by atoms with E-state index in [4.69, 9.17) is 5.11 Å². The molecule has 0 aromatic carbocycles. The molecule has 0 unspecified atom stereocenters. The molecule has 0 aliphatic heterocycles. The van der Waals surface area contributed by atoms with Crippen LogP contribution in [0.1, 0.15) is 51.4 Å². The first-order chi connectivity index (χ1) is 10.0. The summed E-state index contributed by atoms with van der Waals surface area (Å²) >= 11 is 0. The predicted octanol–water partition coefficient (Wildman–Crippen LogP) is 1.05. The summed E-state index contributed by atoms with van der Waals surface area (Å²) in [6.07, 6.45) is 7.54. The first-order valence-corrected chi connectivity index (χ1v) is 7.79. The van der Waals surface area contributed by atoms with Crippen molar-refractivity contribution in [3.8, 4) is 0 Å². The number of carboxylic acids is 1. The molecule has 2 aliphatic rings. The van der Waals surface area contributed by atoms with Crippen LogP contribution in [0.25, 0.3) is 0 Å². The van der Waals surface area contributed by atoms with E-state index in [2.05, 4.69) is 10.6 Å². The molecule has 2 rings (SSSR count). The lowest BCUT2D eigenvalue weighted by atomic mass is 10.0. The Morgan fingerprint density at radius 2 is 1.71 bits per heavy atom. The van der Waals surface area contributed by atoms with E-state index in [-0.39, 0.29) is 24.9 Å². The fourth-order valence-corrected chi connectivity index (χ4v) is 2.85. The maximum absolute atomic E-state index is 11.6. The summed E-state index contributed by atoms with van der Waals surface area (Å²) in [6.45, 7) is 0.0817. The minimum Gasteiger partial charge on any atom is -0.481 e. The minimum atomic E-state index is -0.858. The number of carboxylic acid groups (broad SMARTS) is 1. The number of aliphatic carboxylic acids is 1. The van der Waals surface area contributed by atoms with Crippen LogP contribution in [0.4, 0.5) is 0 Å². The number of rotatable bonds is 8. The lowest BCUT2D eigenvalue weighted by molar-refractivity contribution is -0.143. The van der Waals surface area contributed by atoms with Crippen LogP contribution < -0.4 is 10.6 Å². The fourth-order valence-electron chi connectivity index (χ4n) is 2.85. The molecular weight excluding hydrogens is 272 g/mol. The number of hydrogen-bond acceptors (Lipinski definition) is 3. The third-order valence-electron chi connectivity index (χ3n) is 4.63. The molecule has 2 amide bonds.